The predicted molar refractivity (Wildman–Crippen MR) is 122 cm³/mol. The first-order chi connectivity index (χ1) is 16.6. The molecule has 9 heteroatoms. The fourth-order valence-electron chi connectivity index (χ4n) is 3.21. The van der Waals surface area contributed by atoms with E-state index < -0.39 is 5.97 Å². The molecule has 4 rings (SSSR count). The summed E-state index contributed by atoms with van der Waals surface area (Å²) >= 11 is 0. The molecule has 0 atom stereocenters. The molecule has 0 bridgehead atoms. The molecular formula is C25H21N3O6. The Morgan fingerprint density at radius 1 is 0.941 bits per heavy atom. The van der Waals surface area contributed by atoms with Crippen LogP contribution in [0.4, 0.5) is 0 Å². The molecule has 0 unspecified atom stereocenters. The van der Waals surface area contributed by atoms with E-state index >= 15 is 0 Å². The molecule has 0 radical (unpaired) electrons. The van der Waals surface area contributed by atoms with Gasteiger partial charge in [-0.3, -0.25) is 0 Å². The van der Waals surface area contributed by atoms with Crippen molar-refractivity contribution in [3.8, 4) is 34.6 Å². The molecule has 34 heavy (non-hydrogen) atoms. The Labute approximate surface area is 195 Å². The molecule has 0 amide bonds. The molecule has 0 aliphatic heterocycles. The van der Waals surface area contributed by atoms with Gasteiger partial charge < -0.3 is 24.2 Å². The van der Waals surface area contributed by atoms with Crippen molar-refractivity contribution < 1.29 is 28.5 Å². The number of esters is 1. The highest BCUT2D eigenvalue weighted by Crippen LogP contribution is 2.34. The summed E-state index contributed by atoms with van der Waals surface area (Å²) in [6, 6.07) is 19.0. The van der Waals surface area contributed by atoms with Crippen LogP contribution in [0.15, 0.2) is 79.1 Å². The minimum absolute atomic E-state index is 0.0628. The van der Waals surface area contributed by atoms with Gasteiger partial charge in [0, 0.05) is 17.2 Å². The molecular weight excluding hydrogens is 438 g/mol. The van der Waals surface area contributed by atoms with Crippen LogP contribution in [0, 0.1) is 5.21 Å². The Bertz CT molecular complexity index is 1270. The van der Waals surface area contributed by atoms with E-state index in [0.717, 1.165) is 5.56 Å². The highest BCUT2D eigenvalue weighted by Gasteiger charge is 2.23. The summed E-state index contributed by atoms with van der Waals surface area (Å²) in [4.78, 5) is 21.6. The maximum atomic E-state index is 13.3. The highest BCUT2D eigenvalue weighted by molar-refractivity contribution is 6.00. The third-order valence-corrected chi connectivity index (χ3v) is 4.81. The first kappa shape index (κ1) is 22.5. The van der Waals surface area contributed by atoms with Gasteiger partial charge in [-0.05, 0) is 17.7 Å². The lowest BCUT2D eigenvalue weighted by Crippen LogP contribution is -2.24. The largest absolute Gasteiger partial charge is 0.619 e. The van der Waals surface area contributed by atoms with Gasteiger partial charge in [-0.1, -0.05) is 42.5 Å². The summed E-state index contributed by atoms with van der Waals surface area (Å²) in [6.07, 6.45) is 2.71. The number of pyridine rings is 1. The highest BCUT2D eigenvalue weighted by atomic mass is 16.5. The molecule has 0 fully saturated rings. The fourth-order valence-corrected chi connectivity index (χ4v) is 3.21. The topological polar surface area (TPSA) is 107 Å². The minimum atomic E-state index is -0.634. The summed E-state index contributed by atoms with van der Waals surface area (Å²) in [6.45, 7) is 0.0628. The molecule has 0 aliphatic rings. The lowest BCUT2D eigenvalue weighted by molar-refractivity contribution is -0.604. The van der Waals surface area contributed by atoms with Crippen molar-refractivity contribution in [2.75, 3.05) is 14.2 Å². The lowest BCUT2D eigenvalue weighted by Gasteiger charge is -2.15. The third-order valence-electron chi connectivity index (χ3n) is 4.81. The Morgan fingerprint density at radius 3 is 2.35 bits per heavy atom. The third kappa shape index (κ3) is 5.21. The van der Waals surface area contributed by atoms with Crippen molar-refractivity contribution in [3.63, 3.8) is 0 Å². The van der Waals surface area contributed by atoms with Crippen LogP contribution in [-0.4, -0.2) is 30.2 Å². The number of benzene rings is 2. The van der Waals surface area contributed by atoms with E-state index in [4.69, 9.17) is 18.9 Å². The van der Waals surface area contributed by atoms with E-state index in [1.54, 1.807) is 30.3 Å². The number of nitrogens with zero attached hydrogens (tertiary/aromatic N) is 3. The molecule has 0 N–H and O–H groups in total. The molecule has 172 valence electrons. The number of carbonyl (C=O) groups excluding carboxylic acids is 1. The summed E-state index contributed by atoms with van der Waals surface area (Å²) < 4.78 is 22.5. The van der Waals surface area contributed by atoms with Crippen LogP contribution in [0.25, 0.3) is 11.1 Å². The van der Waals surface area contributed by atoms with Crippen molar-refractivity contribution in [2.45, 2.75) is 6.61 Å². The Hall–Kier alpha value is -4.66. The van der Waals surface area contributed by atoms with Gasteiger partial charge in [0.05, 0.1) is 20.3 Å². The van der Waals surface area contributed by atoms with Crippen molar-refractivity contribution in [1.82, 2.24) is 9.97 Å². The van der Waals surface area contributed by atoms with Gasteiger partial charge in [0.25, 0.3) is 0 Å². The summed E-state index contributed by atoms with van der Waals surface area (Å²) in [5.74, 6) is -0.0406. The second kappa shape index (κ2) is 10.3. The van der Waals surface area contributed by atoms with Crippen molar-refractivity contribution in [2.24, 2.45) is 0 Å². The van der Waals surface area contributed by atoms with Gasteiger partial charge in [-0.25, -0.2) is 4.79 Å². The van der Waals surface area contributed by atoms with Crippen molar-refractivity contribution in [1.29, 1.82) is 0 Å². The zero-order valence-corrected chi connectivity index (χ0v) is 18.5. The number of hydrogen-bond donors (Lipinski definition) is 0. The predicted octanol–water partition coefficient (Wildman–Crippen LogP) is 3.94. The molecule has 0 aliphatic carbocycles. The van der Waals surface area contributed by atoms with E-state index in [2.05, 4.69) is 9.97 Å². The number of aromatic nitrogens is 3. The van der Waals surface area contributed by atoms with Gasteiger partial charge in [0.15, 0.2) is 12.4 Å². The van der Waals surface area contributed by atoms with Crippen molar-refractivity contribution in [3.05, 3.63) is 95.5 Å². The van der Waals surface area contributed by atoms with Crippen LogP contribution in [-0.2, 0) is 11.3 Å². The molecule has 2 aromatic heterocycles. The molecule has 9 nitrogen and oxygen atoms in total. The zero-order valence-electron chi connectivity index (χ0n) is 18.5. The average molecular weight is 459 g/mol. The van der Waals surface area contributed by atoms with Crippen LogP contribution in [0.1, 0.15) is 15.9 Å². The SMILES string of the molecule is COc1cc(OC)nc(Oc2cccc(-c3ccc[n+]([O-])c3)c2C(=O)OCc2ccccc2)n1. The standard InChI is InChI=1S/C25H21N3O6/c1-31-21-14-22(32-2)27-25(26-21)34-20-12-6-11-19(18-10-7-13-28(30)15-18)23(20)24(29)33-16-17-8-4-3-5-9-17/h3-15H,16H2,1-2H3. The Morgan fingerprint density at radius 2 is 1.68 bits per heavy atom. The van der Waals surface area contributed by atoms with Gasteiger partial charge in [-0.15, -0.1) is 0 Å². The Balaban J connectivity index is 1.75. The molecule has 2 aromatic carbocycles. The van der Waals surface area contributed by atoms with Crippen LogP contribution < -0.4 is 18.9 Å². The van der Waals surface area contributed by atoms with Crippen LogP contribution in [0.2, 0.25) is 0 Å². The van der Waals surface area contributed by atoms with Gasteiger partial charge in [0.1, 0.15) is 17.9 Å². The van der Waals surface area contributed by atoms with Crippen LogP contribution in [0.3, 0.4) is 0 Å². The maximum Gasteiger partial charge on any atom is 0.342 e. The van der Waals surface area contributed by atoms with Crippen LogP contribution >= 0.6 is 0 Å². The summed E-state index contributed by atoms with van der Waals surface area (Å²) in [5.41, 5.74) is 1.91. The van der Waals surface area contributed by atoms with Crippen LogP contribution in [0.5, 0.6) is 23.5 Å². The summed E-state index contributed by atoms with van der Waals surface area (Å²) in [7, 11) is 2.90. The maximum absolute atomic E-state index is 13.3. The van der Waals surface area contributed by atoms with E-state index in [9.17, 15) is 10.0 Å². The van der Waals surface area contributed by atoms with Crippen molar-refractivity contribution >= 4 is 5.97 Å². The van der Waals surface area contributed by atoms with E-state index in [0.29, 0.717) is 15.9 Å². The quantitative estimate of drug-likeness (QED) is 0.222. The molecule has 0 spiro atoms. The number of hydrogen-bond acceptors (Lipinski definition) is 8. The smallest absolute Gasteiger partial charge is 0.342 e. The fraction of sp³-hybridized carbons (Fsp3) is 0.120. The molecule has 2 heterocycles. The first-order valence-electron chi connectivity index (χ1n) is 10.3. The number of rotatable bonds is 8. The van der Waals surface area contributed by atoms with E-state index in [-0.39, 0.29) is 35.7 Å². The molecule has 0 saturated heterocycles. The molecule has 4 aromatic rings. The first-order valence-corrected chi connectivity index (χ1v) is 10.3. The minimum Gasteiger partial charge on any atom is -0.619 e. The summed E-state index contributed by atoms with van der Waals surface area (Å²) in [5, 5.41) is 11.9. The van der Waals surface area contributed by atoms with E-state index in [1.807, 2.05) is 30.3 Å². The average Bonchev–Trinajstić information content (AvgIpc) is 2.87. The van der Waals surface area contributed by atoms with Gasteiger partial charge >= 0.3 is 12.0 Å². The number of ether oxygens (including phenoxy) is 4. The zero-order chi connectivity index (χ0) is 23.9. The van der Waals surface area contributed by atoms with E-state index in [1.165, 1.54) is 32.7 Å². The second-order valence-electron chi connectivity index (χ2n) is 7.03. The number of carbonyl (C=O) groups is 1. The Kier molecular flexibility index (Phi) is 6.83. The molecule has 0 saturated carbocycles. The van der Waals surface area contributed by atoms with Gasteiger partial charge in [0.2, 0.25) is 11.8 Å². The second-order valence-corrected chi connectivity index (χ2v) is 7.03. The monoisotopic (exact) mass is 459 g/mol. The number of methoxy groups -OCH3 is 2. The lowest BCUT2D eigenvalue weighted by atomic mass is 10.00. The van der Waals surface area contributed by atoms with Gasteiger partial charge in [-0.2, -0.15) is 14.7 Å². The normalized spacial score (nSPS) is 10.4.